The van der Waals surface area contributed by atoms with Crippen molar-refractivity contribution < 1.29 is 4.74 Å². The van der Waals surface area contributed by atoms with E-state index in [0.717, 1.165) is 45.3 Å². The fraction of sp³-hybridized carbons (Fsp3) is 0.600. The number of benzene rings is 1. The number of ether oxygens (including phenoxy) is 1. The van der Waals surface area contributed by atoms with Gasteiger partial charge in [-0.05, 0) is 37.0 Å². The SMILES string of the molecule is Brc1cc(N2CCCOCC2)ccc1CNC1CC1. The summed E-state index contributed by atoms with van der Waals surface area (Å²) in [5, 5.41) is 3.56. The number of hydrogen-bond donors (Lipinski definition) is 1. The molecule has 0 bridgehead atoms. The lowest BCUT2D eigenvalue weighted by molar-refractivity contribution is 0.152. The molecule has 1 N–H and O–H groups in total. The molecule has 1 aliphatic heterocycles. The molecular formula is C15H21BrN2O. The molecule has 3 nitrogen and oxygen atoms in total. The van der Waals surface area contributed by atoms with Gasteiger partial charge < -0.3 is 15.0 Å². The predicted molar refractivity (Wildman–Crippen MR) is 81.7 cm³/mol. The zero-order chi connectivity index (χ0) is 13.1. The Morgan fingerprint density at radius 1 is 1.26 bits per heavy atom. The van der Waals surface area contributed by atoms with E-state index in [1.807, 2.05) is 0 Å². The first-order chi connectivity index (χ1) is 9.33. The topological polar surface area (TPSA) is 24.5 Å². The number of anilines is 1. The lowest BCUT2D eigenvalue weighted by Gasteiger charge is -2.22. The lowest BCUT2D eigenvalue weighted by Crippen LogP contribution is -2.26. The quantitative estimate of drug-likeness (QED) is 0.921. The minimum Gasteiger partial charge on any atom is -0.380 e. The number of nitrogens with zero attached hydrogens (tertiary/aromatic N) is 1. The van der Waals surface area contributed by atoms with E-state index < -0.39 is 0 Å². The molecule has 0 atom stereocenters. The highest BCUT2D eigenvalue weighted by Crippen LogP contribution is 2.26. The number of hydrogen-bond acceptors (Lipinski definition) is 3. The summed E-state index contributed by atoms with van der Waals surface area (Å²) in [6, 6.07) is 7.48. The zero-order valence-corrected chi connectivity index (χ0v) is 12.8. The van der Waals surface area contributed by atoms with Crippen LogP contribution in [0.15, 0.2) is 22.7 Å². The maximum absolute atomic E-state index is 5.51. The molecule has 0 radical (unpaired) electrons. The molecule has 4 heteroatoms. The van der Waals surface area contributed by atoms with Crippen LogP contribution in [0.2, 0.25) is 0 Å². The van der Waals surface area contributed by atoms with Crippen molar-refractivity contribution in [2.24, 2.45) is 0 Å². The van der Waals surface area contributed by atoms with Crippen LogP contribution in [-0.2, 0) is 11.3 Å². The van der Waals surface area contributed by atoms with Crippen LogP contribution in [0.25, 0.3) is 0 Å². The molecule has 104 valence electrons. The smallest absolute Gasteiger partial charge is 0.0641 e. The number of nitrogens with one attached hydrogen (secondary N) is 1. The second kappa shape index (κ2) is 6.25. The Morgan fingerprint density at radius 3 is 2.95 bits per heavy atom. The van der Waals surface area contributed by atoms with E-state index in [-0.39, 0.29) is 0 Å². The van der Waals surface area contributed by atoms with Gasteiger partial charge in [0, 0.05) is 42.4 Å². The van der Waals surface area contributed by atoms with Gasteiger partial charge in [0.15, 0.2) is 0 Å². The second-order valence-corrected chi connectivity index (χ2v) is 6.24. The van der Waals surface area contributed by atoms with Crippen LogP contribution >= 0.6 is 15.9 Å². The number of halogens is 1. The van der Waals surface area contributed by atoms with Gasteiger partial charge in [-0.25, -0.2) is 0 Å². The maximum Gasteiger partial charge on any atom is 0.0641 e. The van der Waals surface area contributed by atoms with E-state index in [0.29, 0.717) is 0 Å². The van der Waals surface area contributed by atoms with E-state index in [4.69, 9.17) is 4.74 Å². The Morgan fingerprint density at radius 2 is 2.16 bits per heavy atom. The van der Waals surface area contributed by atoms with E-state index in [1.165, 1.54) is 28.6 Å². The van der Waals surface area contributed by atoms with Crippen molar-refractivity contribution >= 4 is 21.6 Å². The molecule has 0 aromatic heterocycles. The van der Waals surface area contributed by atoms with Crippen molar-refractivity contribution in [3.05, 3.63) is 28.2 Å². The summed E-state index contributed by atoms with van der Waals surface area (Å²) in [7, 11) is 0. The minimum absolute atomic E-state index is 0.759. The first-order valence-electron chi connectivity index (χ1n) is 7.17. The van der Waals surface area contributed by atoms with E-state index in [9.17, 15) is 0 Å². The molecule has 0 spiro atoms. The van der Waals surface area contributed by atoms with Crippen LogP contribution < -0.4 is 10.2 Å². The Kier molecular flexibility index (Phi) is 4.41. The van der Waals surface area contributed by atoms with Gasteiger partial charge >= 0.3 is 0 Å². The minimum atomic E-state index is 0.759. The van der Waals surface area contributed by atoms with E-state index >= 15 is 0 Å². The molecule has 0 unspecified atom stereocenters. The lowest BCUT2D eigenvalue weighted by atomic mass is 10.2. The summed E-state index contributed by atoms with van der Waals surface area (Å²) >= 11 is 3.71. The third-order valence-electron chi connectivity index (χ3n) is 3.78. The third-order valence-corrected chi connectivity index (χ3v) is 4.52. The monoisotopic (exact) mass is 324 g/mol. The largest absolute Gasteiger partial charge is 0.380 e. The molecule has 19 heavy (non-hydrogen) atoms. The Balaban J connectivity index is 1.66. The van der Waals surface area contributed by atoms with E-state index in [2.05, 4.69) is 44.3 Å². The van der Waals surface area contributed by atoms with Gasteiger partial charge in [-0.2, -0.15) is 0 Å². The maximum atomic E-state index is 5.51. The summed E-state index contributed by atoms with van der Waals surface area (Å²) in [5.74, 6) is 0. The molecule has 0 amide bonds. The molecule has 1 aliphatic carbocycles. The molecule has 1 aromatic rings. The Labute approximate surface area is 123 Å². The van der Waals surface area contributed by atoms with Gasteiger partial charge in [-0.15, -0.1) is 0 Å². The first-order valence-corrected chi connectivity index (χ1v) is 7.97. The average Bonchev–Trinajstić information content (AvgIpc) is 3.24. The summed E-state index contributed by atoms with van der Waals surface area (Å²) in [6.45, 7) is 4.77. The molecule has 1 saturated heterocycles. The van der Waals surface area contributed by atoms with Crippen LogP contribution in [-0.4, -0.2) is 32.3 Å². The normalized spacial score (nSPS) is 20.4. The predicted octanol–water partition coefficient (Wildman–Crippen LogP) is 2.93. The van der Waals surface area contributed by atoms with Gasteiger partial charge in [0.1, 0.15) is 0 Å². The standard InChI is InChI=1S/C15H21BrN2O/c16-15-10-14(18-6-1-8-19-9-7-18)5-2-12(15)11-17-13-3-4-13/h2,5,10,13,17H,1,3-4,6-9,11H2. The van der Waals surface area contributed by atoms with Gasteiger partial charge in [-0.1, -0.05) is 22.0 Å². The van der Waals surface area contributed by atoms with Crippen LogP contribution in [0.4, 0.5) is 5.69 Å². The molecule has 2 aliphatic rings. The van der Waals surface area contributed by atoms with Gasteiger partial charge in [0.05, 0.1) is 6.61 Å². The van der Waals surface area contributed by atoms with E-state index in [1.54, 1.807) is 0 Å². The summed E-state index contributed by atoms with van der Waals surface area (Å²) in [4.78, 5) is 2.41. The fourth-order valence-electron chi connectivity index (χ4n) is 2.42. The third kappa shape index (κ3) is 3.71. The molecule has 1 saturated carbocycles. The van der Waals surface area contributed by atoms with Crippen molar-refractivity contribution in [1.82, 2.24) is 5.32 Å². The van der Waals surface area contributed by atoms with Crippen molar-refractivity contribution in [1.29, 1.82) is 0 Å². The molecular weight excluding hydrogens is 304 g/mol. The van der Waals surface area contributed by atoms with Crippen LogP contribution in [0, 0.1) is 0 Å². The van der Waals surface area contributed by atoms with Crippen molar-refractivity contribution in [2.45, 2.75) is 31.8 Å². The van der Waals surface area contributed by atoms with Gasteiger partial charge in [0.2, 0.25) is 0 Å². The van der Waals surface area contributed by atoms with Crippen LogP contribution in [0.1, 0.15) is 24.8 Å². The molecule has 3 rings (SSSR count). The van der Waals surface area contributed by atoms with Crippen molar-refractivity contribution in [3.8, 4) is 0 Å². The Hall–Kier alpha value is -0.580. The number of rotatable bonds is 4. The summed E-state index contributed by atoms with van der Waals surface area (Å²) < 4.78 is 6.72. The fourth-order valence-corrected chi connectivity index (χ4v) is 2.93. The second-order valence-electron chi connectivity index (χ2n) is 5.38. The summed E-state index contributed by atoms with van der Waals surface area (Å²) in [6.07, 6.45) is 3.79. The van der Waals surface area contributed by atoms with Crippen LogP contribution in [0.5, 0.6) is 0 Å². The molecule has 2 fully saturated rings. The highest BCUT2D eigenvalue weighted by atomic mass is 79.9. The zero-order valence-electron chi connectivity index (χ0n) is 11.2. The molecule has 1 heterocycles. The average molecular weight is 325 g/mol. The molecule has 1 aromatic carbocycles. The first kappa shape index (κ1) is 13.4. The van der Waals surface area contributed by atoms with Gasteiger partial charge in [-0.3, -0.25) is 0 Å². The highest BCUT2D eigenvalue weighted by Gasteiger charge is 2.20. The van der Waals surface area contributed by atoms with Gasteiger partial charge in [0.25, 0.3) is 0 Å². The van der Waals surface area contributed by atoms with Crippen molar-refractivity contribution in [3.63, 3.8) is 0 Å². The summed E-state index contributed by atoms with van der Waals surface area (Å²) in [5.41, 5.74) is 2.65. The van der Waals surface area contributed by atoms with Crippen LogP contribution in [0.3, 0.4) is 0 Å². The Bertz CT molecular complexity index is 426. The van der Waals surface area contributed by atoms with Crippen molar-refractivity contribution in [2.75, 3.05) is 31.2 Å². The highest BCUT2D eigenvalue weighted by molar-refractivity contribution is 9.10.